The van der Waals surface area contributed by atoms with Gasteiger partial charge in [-0.25, -0.2) is 9.97 Å². The maximum Gasteiger partial charge on any atom is 0.320 e. The Balaban J connectivity index is 1.74. The predicted molar refractivity (Wildman–Crippen MR) is 156 cm³/mol. The first-order valence-electron chi connectivity index (χ1n) is 13.2. The van der Waals surface area contributed by atoms with Gasteiger partial charge in [0.1, 0.15) is 23.5 Å². The molecule has 2 aromatic carbocycles. The molecule has 3 rings (SSSR count). The molecule has 10 heteroatoms. The first kappa shape index (κ1) is 30.5. The van der Waals surface area contributed by atoms with Crippen LogP contribution in [0.25, 0.3) is 10.9 Å². The minimum Gasteiger partial charge on any atom is -0.494 e. The molecule has 2 atom stereocenters. The minimum absolute atomic E-state index is 0.00681. The van der Waals surface area contributed by atoms with Crippen LogP contribution in [0.2, 0.25) is 0 Å². The summed E-state index contributed by atoms with van der Waals surface area (Å²) in [6, 6.07) is 13.5. The Morgan fingerprint density at radius 3 is 2.50 bits per heavy atom. The zero-order valence-electron chi connectivity index (χ0n) is 24.0. The van der Waals surface area contributed by atoms with E-state index in [1.54, 1.807) is 50.8 Å². The van der Waals surface area contributed by atoms with E-state index in [2.05, 4.69) is 20.6 Å². The third kappa shape index (κ3) is 9.32. The Labute approximate surface area is 235 Å². The summed E-state index contributed by atoms with van der Waals surface area (Å²) in [6.45, 7) is 9.58. The lowest BCUT2D eigenvalue weighted by atomic mass is 10.1. The van der Waals surface area contributed by atoms with E-state index < -0.39 is 17.7 Å². The third-order valence-corrected chi connectivity index (χ3v) is 5.80. The highest BCUT2D eigenvalue weighted by molar-refractivity contribution is 6.03. The molecule has 214 valence electrons. The quantitative estimate of drug-likeness (QED) is 0.224. The van der Waals surface area contributed by atoms with Gasteiger partial charge in [0.2, 0.25) is 5.91 Å². The van der Waals surface area contributed by atoms with Crippen LogP contribution in [-0.2, 0) is 14.3 Å². The Morgan fingerprint density at radius 1 is 1.12 bits per heavy atom. The van der Waals surface area contributed by atoms with Gasteiger partial charge in [0.05, 0.1) is 31.0 Å². The van der Waals surface area contributed by atoms with E-state index in [4.69, 9.17) is 9.47 Å². The van der Waals surface area contributed by atoms with Gasteiger partial charge in [-0.1, -0.05) is 36.4 Å². The monoisotopic (exact) mass is 549 g/mol. The van der Waals surface area contributed by atoms with Crippen molar-refractivity contribution >= 4 is 34.3 Å². The minimum atomic E-state index is -0.652. The molecule has 0 aliphatic carbocycles. The second kappa shape index (κ2) is 13.9. The van der Waals surface area contributed by atoms with E-state index in [9.17, 15) is 14.7 Å². The summed E-state index contributed by atoms with van der Waals surface area (Å²) in [5.74, 6) is 0.303. The number of carbonyl (C=O) groups excluding carboxylic acids is 2. The van der Waals surface area contributed by atoms with Crippen molar-refractivity contribution in [1.29, 1.82) is 0 Å². The number of esters is 1. The van der Waals surface area contributed by atoms with Gasteiger partial charge >= 0.3 is 5.97 Å². The zero-order chi connectivity index (χ0) is 29.3. The van der Waals surface area contributed by atoms with E-state index in [0.29, 0.717) is 22.8 Å². The number of hydrogen-bond donors (Lipinski definition) is 3. The van der Waals surface area contributed by atoms with E-state index in [1.165, 1.54) is 19.5 Å². The van der Waals surface area contributed by atoms with Crippen LogP contribution in [0.1, 0.15) is 46.2 Å². The van der Waals surface area contributed by atoms with Gasteiger partial charge in [-0.2, -0.15) is 0 Å². The molecular weight excluding hydrogens is 510 g/mol. The number of aliphatic hydroxyl groups is 1. The van der Waals surface area contributed by atoms with Gasteiger partial charge < -0.3 is 25.2 Å². The summed E-state index contributed by atoms with van der Waals surface area (Å²) >= 11 is 0. The number of hydrogen-bond acceptors (Lipinski definition) is 9. The van der Waals surface area contributed by atoms with E-state index >= 15 is 0 Å². The second-order valence-corrected chi connectivity index (χ2v) is 10.6. The lowest BCUT2D eigenvalue weighted by Gasteiger charge is -2.25. The number of aromatic nitrogens is 2. The summed E-state index contributed by atoms with van der Waals surface area (Å²) in [4.78, 5) is 35.6. The molecule has 40 heavy (non-hydrogen) atoms. The van der Waals surface area contributed by atoms with E-state index in [1.807, 2.05) is 37.3 Å². The molecule has 3 aromatic rings. The largest absolute Gasteiger partial charge is 0.494 e. The number of nitrogens with zero attached hydrogens (tertiary/aromatic N) is 3. The van der Waals surface area contributed by atoms with Gasteiger partial charge in [0, 0.05) is 36.7 Å². The van der Waals surface area contributed by atoms with Crippen LogP contribution in [0.5, 0.6) is 5.75 Å². The van der Waals surface area contributed by atoms with Crippen molar-refractivity contribution in [3.8, 4) is 5.75 Å². The molecule has 0 radical (unpaired) electrons. The highest BCUT2D eigenvalue weighted by Gasteiger charge is 2.19. The molecule has 1 aromatic heterocycles. The predicted octanol–water partition coefficient (Wildman–Crippen LogP) is 4.33. The average Bonchev–Trinajstić information content (AvgIpc) is 2.87. The summed E-state index contributed by atoms with van der Waals surface area (Å²) in [5.41, 5.74) is 1.63. The highest BCUT2D eigenvalue weighted by atomic mass is 16.6. The standard InChI is InChI=1S/C30H39N5O5/c1-20(36)17-35(18-28(38)40-30(3,4)5)14-10-13-27(37)34-25-15-23-24(16-26(25)39-6)31-19-32-29(23)33-21(2)22-11-8-7-9-12-22/h7-13,15-16,19-21,36H,14,17-18H2,1-6H3,(H,34,37)(H,31,32,33)/b13-10+/t20-,21-/m1/s1. The molecule has 1 heterocycles. The van der Waals surface area contributed by atoms with Gasteiger partial charge in [0.15, 0.2) is 0 Å². The van der Waals surface area contributed by atoms with Gasteiger partial charge in [0.25, 0.3) is 0 Å². The van der Waals surface area contributed by atoms with Gasteiger partial charge in [-0.15, -0.1) is 0 Å². The van der Waals surface area contributed by atoms with Crippen LogP contribution in [0, 0.1) is 0 Å². The van der Waals surface area contributed by atoms with Crippen LogP contribution in [0.3, 0.4) is 0 Å². The Bertz CT molecular complexity index is 1320. The number of aliphatic hydroxyl groups excluding tert-OH is 1. The summed E-state index contributed by atoms with van der Waals surface area (Å²) in [7, 11) is 1.52. The number of fused-ring (bicyclic) bond motifs is 1. The summed E-state index contributed by atoms with van der Waals surface area (Å²) in [6.07, 6.45) is 3.85. The average molecular weight is 550 g/mol. The fourth-order valence-electron chi connectivity index (χ4n) is 4.11. The lowest BCUT2D eigenvalue weighted by Crippen LogP contribution is -2.38. The van der Waals surface area contributed by atoms with Crippen LogP contribution < -0.4 is 15.4 Å². The van der Waals surface area contributed by atoms with Crippen molar-refractivity contribution < 1.29 is 24.2 Å². The molecule has 0 aliphatic rings. The molecule has 0 aliphatic heterocycles. The third-order valence-electron chi connectivity index (χ3n) is 5.80. The van der Waals surface area contributed by atoms with Gasteiger partial charge in [-0.05, 0) is 46.2 Å². The first-order chi connectivity index (χ1) is 18.9. The topological polar surface area (TPSA) is 126 Å². The van der Waals surface area contributed by atoms with Gasteiger partial charge in [-0.3, -0.25) is 14.5 Å². The van der Waals surface area contributed by atoms with E-state index in [-0.39, 0.29) is 31.6 Å². The van der Waals surface area contributed by atoms with Crippen molar-refractivity contribution in [1.82, 2.24) is 14.9 Å². The number of methoxy groups -OCH3 is 1. The van der Waals surface area contributed by atoms with Crippen molar-refractivity contribution in [3.63, 3.8) is 0 Å². The molecule has 0 saturated carbocycles. The molecule has 10 nitrogen and oxygen atoms in total. The Hall–Kier alpha value is -4.02. The maximum atomic E-state index is 12.8. The SMILES string of the molecule is COc1cc2ncnc(N[C@H](C)c3ccccc3)c2cc1NC(=O)/C=C/CN(CC(=O)OC(C)(C)C)C[C@@H](C)O. The highest BCUT2D eigenvalue weighted by Crippen LogP contribution is 2.33. The summed E-state index contributed by atoms with van der Waals surface area (Å²) < 4.78 is 10.9. The maximum absolute atomic E-state index is 12.8. The Morgan fingerprint density at radius 2 is 1.85 bits per heavy atom. The molecule has 0 fully saturated rings. The molecule has 0 unspecified atom stereocenters. The van der Waals surface area contributed by atoms with Crippen LogP contribution in [-0.4, -0.2) is 70.3 Å². The molecule has 0 saturated heterocycles. The number of benzene rings is 2. The fourth-order valence-corrected chi connectivity index (χ4v) is 4.11. The fraction of sp³-hybridized carbons (Fsp3) is 0.400. The molecular formula is C30H39N5O5. The van der Waals surface area contributed by atoms with Crippen molar-refractivity contribution in [2.75, 3.05) is 37.4 Å². The number of rotatable bonds is 12. The zero-order valence-corrected chi connectivity index (χ0v) is 24.0. The van der Waals surface area contributed by atoms with Crippen molar-refractivity contribution in [2.45, 2.75) is 52.4 Å². The second-order valence-electron chi connectivity index (χ2n) is 10.6. The molecule has 0 spiro atoms. The number of amides is 1. The van der Waals surface area contributed by atoms with Crippen molar-refractivity contribution in [3.05, 3.63) is 66.5 Å². The number of nitrogens with one attached hydrogen (secondary N) is 2. The Kier molecular flexibility index (Phi) is 10.6. The van der Waals surface area contributed by atoms with Crippen LogP contribution in [0.15, 0.2) is 60.9 Å². The summed E-state index contributed by atoms with van der Waals surface area (Å²) in [5, 5.41) is 16.8. The van der Waals surface area contributed by atoms with Crippen LogP contribution >= 0.6 is 0 Å². The smallest absolute Gasteiger partial charge is 0.320 e. The first-order valence-corrected chi connectivity index (χ1v) is 13.2. The number of carbonyl (C=O) groups is 2. The molecule has 1 amide bonds. The van der Waals surface area contributed by atoms with E-state index in [0.717, 1.165) is 10.9 Å². The van der Waals surface area contributed by atoms with Crippen molar-refractivity contribution in [2.24, 2.45) is 0 Å². The molecule has 3 N–H and O–H groups in total. The number of anilines is 2. The van der Waals surface area contributed by atoms with Crippen LogP contribution in [0.4, 0.5) is 11.5 Å². The molecule has 0 bridgehead atoms. The lowest BCUT2D eigenvalue weighted by molar-refractivity contribution is -0.156. The normalized spacial score (nSPS) is 13.3. The number of ether oxygens (including phenoxy) is 2.